The number of nitrogens with one attached hydrogen (secondary N) is 1. The molecule has 126 valence electrons. The molecular weight excluding hydrogens is 344 g/mol. The van der Waals surface area contributed by atoms with E-state index in [1.807, 2.05) is 13.0 Å². The zero-order chi connectivity index (χ0) is 16.8. The van der Waals surface area contributed by atoms with E-state index in [0.717, 1.165) is 43.6 Å². The van der Waals surface area contributed by atoms with E-state index < -0.39 is 0 Å². The Balaban J connectivity index is 1.57. The van der Waals surface area contributed by atoms with Gasteiger partial charge in [0, 0.05) is 31.5 Å². The molecule has 1 aliphatic heterocycles. The molecule has 3 rings (SSSR count). The maximum atomic E-state index is 8.86. The molecule has 1 N–H and O–H groups in total. The maximum Gasteiger partial charge on any atom is 0.189 e. The fraction of sp³-hybridized carbons (Fsp3) is 0.467. The van der Waals surface area contributed by atoms with E-state index in [9.17, 15) is 0 Å². The number of nitriles is 1. The van der Waals surface area contributed by atoms with Crippen LogP contribution in [0.2, 0.25) is 0 Å². The summed E-state index contributed by atoms with van der Waals surface area (Å²) in [5.41, 5.74) is 0. The van der Waals surface area contributed by atoms with Crippen molar-refractivity contribution in [2.45, 2.75) is 11.9 Å². The Labute approximate surface area is 149 Å². The Morgan fingerprint density at radius 2 is 2.25 bits per heavy atom. The maximum absolute atomic E-state index is 8.86. The molecule has 24 heavy (non-hydrogen) atoms. The van der Waals surface area contributed by atoms with Crippen LogP contribution in [0.1, 0.15) is 10.7 Å². The van der Waals surface area contributed by atoms with Crippen molar-refractivity contribution in [1.29, 1.82) is 5.26 Å². The Morgan fingerprint density at radius 3 is 3.00 bits per heavy atom. The summed E-state index contributed by atoms with van der Waals surface area (Å²) in [7, 11) is 0. The SMILES string of the molecule is Cc1nc(Nc2ncc(C#N)s2)cc(SCCN2CCOCC2)n1. The van der Waals surface area contributed by atoms with Crippen LogP contribution >= 0.6 is 23.1 Å². The summed E-state index contributed by atoms with van der Waals surface area (Å²) in [5, 5.41) is 13.6. The van der Waals surface area contributed by atoms with Gasteiger partial charge in [-0.05, 0) is 6.92 Å². The molecule has 1 saturated heterocycles. The molecule has 0 radical (unpaired) electrons. The van der Waals surface area contributed by atoms with Crippen molar-refractivity contribution in [2.75, 3.05) is 43.9 Å². The summed E-state index contributed by atoms with van der Waals surface area (Å²) < 4.78 is 5.36. The molecule has 9 heteroatoms. The van der Waals surface area contributed by atoms with Crippen molar-refractivity contribution >= 4 is 34.0 Å². The van der Waals surface area contributed by atoms with Crippen molar-refractivity contribution in [3.63, 3.8) is 0 Å². The van der Waals surface area contributed by atoms with Gasteiger partial charge in [-0.25, -0.2) is 15.0 Å². The third-order valence-corrected chi connectivity index (χ3v) is 5.14. The third-order valence-electron chi connectivity index (χ3n) is 3.43. The third kappa shape index (κ3) is 4.88. The highest BCUT2D eigenvalue weighted by molar-refractivity contribution is 7.99. The second-order valence-corrected chi connectivity index (χ2v) is 7.35. The molecule has 0 aliphatic carbocycles. The summed E-state index contributed by atoms with van der Waals surface area (Å²) in [5.74, 6) is 2.40. The van der Waals surface area contributed by atoms with Crippen molar-refractivity contribution < 1.29 is 4.74 Å². The van der Waals surface area contributed by atoms with Gasteiger partial charge in [0.1, 0.15) is 27.6 Å². The summed E-state index contributed by atoms with van der Waals surface area (Å²) in [6.45, 7) is 6.55. The van der Waals surface area contributed by atoms with Crippen LogP contribution in [0.5, 0.6) is 0 Å². The fourth-order valence-corrected chi connectivity index (χ4v) is 3.85. The van der Waals surface area contributed by atoms with Gasteiger partial charge in [0.05, 0.1) is 19.4 Å². The normalized spacial score (nSPS) is 15.2. The fourth-order valence-electron chi connectivity index (χ4n) is 2.28. The Morgan fingerprint density at radius 1 is 1.42 bits per heavy atom. The lowest BCUT2D eigenvalue weighted by molar-refractivity contribution is 0.0410. The zero-order valence-corrected chi connectivity index (χ0v) is 15.0. The van der Waals surface area contributed by atoms with Gasteiger partial charge in [-0.1, -0.05) is 11.3 Å². The number of thioether (sulfide) groups is 1. The summed E-state index contributed by atoms with van der Waals surface area (Å²) in [4.78, 5) is 16.0. The lowest BCUT2D eigenvalue weighted by atomic mass is 10.4. The number of aryl methyl sites for hydroxylation is 1. The van der Waals surface area contributed by atoms with Crippen LogP contribution in [0.25, 0.3) is 0 Å². The molecule has 3 heterocycles. The van der Waals surface area contributed by atoms with Crippen molar-refractivity contribution in [1.82, 2.24) is 19.9 Å². The highest BCUT2D eigenvalue weighted by Crippen LogP contribution is 2.24. The largest absolute Gasteiger partial charge is 0.379 e. The number of anilines is 2. The van der Waals surface area contributed by atoms with Gasteiger partial charge >= 0.3 is 0 Å². The number of rotatable bonds is 6. The van der Waals surface area contributed by atoms with Crippen LogP contribution in [0.4, 0.5) is 10.9 Å². The number of thiazole rings is 1. The van der Waals surface area contributed by atoms with E-state index in [2.05, 4.69) is 31.2 Å². The minimum Gasteiger partial charge on any atom is -0.379 e. The Kier molecular flexibility index (Phi) is 5.98. The number of morpholine rings is 1. The van der Waals surface area contributed by atoms with E-state index in [1.165, 1.54) is 11.3 Å². The Hall–Kier alpha value is -1.73. The standard InChI is InChI=1S/C15H18N6OS2/c1-11-18-13(20-15-17-10-12(9-16)24-15)8-14(19-11)23-7-4-21-2-5-22-6-3-21/h8,10H,2-7H2,1H3,(H,17,18,19,20). The first-order chi connectivity index (χ1) is 11.7. The van der Waals surface area contributed by atoms with E-state index in [4.69, 9.17) is 10.00 Å². The van der Waals surface area contributed by atoms with Crippen molar-refractivity contribution in [2.24, 2.45) is 0 Å². The van der Waals surface area contributed by atoms with Gasteiger partial charge < -0.3 is 10.1 Å². The van der Waals surface area contributed by atoms with Crippen molar-refractivity contribution in [3.05, 3.63) is 23.0 Å². The molecule has 2 aromatic heterocycles. The molecule has 1 aliphatic rings. The predicted molar refractivity (Wildman–Crippen MR) is 94.9 cm³/mol. The first-order valence-corrected chi connectivity index (χ1v) is 9.45. The molecule has 0 spiro atoms. The molecule has 1 fully saturated rings. The number of aromatic nitrogens is 3. The first-order valence-electron chi connectivity index (χ1n) is 7.64. The second-order valence-electron chi connectivity index (χ2n) is 5.21. The van der Waals surface area contributed by atoms with Gasteiger partial charge in [-0.2, -0.15) is 5.26 Å². The predicted octanol–water partition coefficient (Wildman–Crippen LogP) is 2.28. The second kappa shape index (κ2) is 8.39. The number of nitrogens with zero attached hydrogens (tertiary/aromatic N) is 5. The summed E-state index contributed by atoms with van der Waals surface area (Å²) >= 11 is 3.03. The van der Waals surface area contributed by atoms with E-state index in [0.29, 0.717) is 21.7 Å². The highest BCUT2D eigenvalue weighted by Gasteiger charge is 2.11. The minimum atomic E-state index is 0.573. The van der Waals surface area contributed by atoms with Crippen molar-refractivity contribution in [3.8, 4) is 6.07 Å². The molecule has 0 atom stereocenters. The lowest BCUT2D eigenvalue weighted by Gasteiger charge is -2.26. The highest BCUT2D eigenvalue weighted by atomic mass is 32.2. The quantitative estimate of drug-likeness (QED) is 0.619. The number of hydrogen-bond acceptors (Lipinski definition) is 9. The van der Waals surface area contributed by atoms with Gasteiger partial charge in [0.25, 0.3) is 0 Å². The molecule has 0 amide bonds. The smallest absolute Gasteiger partial charge is 0.189 e. The molecular formula is C15H18N6OS2. The molecule has 7 nitrogen and oxygen atoms in total. The topological polar surface area (TPSA) is 87.0 Å². The van der Waals surface area contributed by atoms with E-state index in [-0.39, 0.29) is 0 Å². The van der Waals surface area contributed by atoms with Gasteiger partial charge in [0.15, 0.2) is 5.13 Å². The van der Waals surface area contributed by atoms with Gasteiger partial charge in [-0.15, -0.1) is 11.8 Å². The van der Waals surface area contributed by atoms with Crippen LogP contribution in [-0.4, -0.2) is 58.5 Å². The molecule has 0 bridgehead atoms. The zero-order valence-electron chi connectivity index (χ0n) is 13.4. The van der Waals surface area contributed by atoms with Crippen LogP contribution < -0.4 is 5.32 Å². The van der Waals surface area contributed by atoms with Crippen LogP contribution in [0.3, 0.4) is 0 Å². The van der Waals surface area contributed by atoms with Gasteiger partial charge in [0.2, 0.25) is 0 Å². The Bertz CT molecular complexity index is 723. The van der Waals surface area contributed by atoms with E-state index >= 15 is 0 Å². The lowest BCUT2D eigenvalue weighted by Crippen LogP contribution is -2.37. The van der Waals surface area contributed by atoms with E-state index in [1.54, 1.807) is 18.0 Å². The van der Waals surface area contributed by atoms with Crippen LogP contribution in [0, 0.1) is 18.3 Å². The molecule has 2 aromatic rings. The van der Waals surface area contributed by atoms with Crippen LogP contribution in [0.15, 0.2) is 17.3 Å². The summed E-state index contributed by atoms with van der Waals surface area (Å²) in [6, 6.07) is 4.00. The van der Waals surface area contributed by atoms with Gasteiger partial charge in [-0.3, -0.25) is 4.90 Å². The average Bonchev–Trinajstić information content (AvgIpc) is 3.03. The number of ether oxygens (including phenoxy) is 1. The summed E-state index contributed by atoms with van der Waals surface area (Å²) in [6.07, 6.45) is 1.55. The molecule has 0 unspecified atom stereocenters. The average molecular weight is 362 g/mol. The monoisotopic (exact) mass is 362 g/mol. The minimum absolute atomic E-state index is 0.573. The first kappa shape index (κ1) is 17.1. The molecule has 0 saturated carbocycles. The molecule has 0 aromatic carbocycles. The van der Waals surface area contributed by atoms with Crippen LogP contribution in [-0.2, 0) is 4.74 Å². The number of hydrogen-bond donors (Lipinski definition) is 1.